The second-order valence-electron chi connectivity index (χ2n) is 21.5. The van der Waals surface area contributed by atoms with Gasteiger partial charge < -0.3 is 25.3 Å². The number of hydrogen-bond donors (Lipinski definition) is 5. The maximum atomic E-state index is 14.9. The zero-order valence-electron chi connectivity index (χ0n) is 48.9. The van der Waals surface area contributed by atoms with Gasteiger partial charge in [-0.15, -0.1) is 0 Å². The van der Waals surface area contributed by atoms with E-state index in [1.54, 1.807) is 24.7 Å². The Labute approximate surface area is 524 Å². The molecule has 0 saturated carbocycles. The molecule has 0 amide bonds. The van der Waals surface area contributed by atoms with Crippen LogP contribution in [0.15, 0.2) is 172 Å². The van der Waals surface area contributed by atoms with Crippen molar-refractivity contribution >= 4 is 96.7 Å². The average Bonchev–Trinajstić information content (AvgIpc) is 1.57. The number of benzene rings is 5. The Morgan fingerprint density at radius 3 is 1.41 bits per heavy atom. The van der Waals surface area contributed by atoms with Crippen molar-refractivity contribution in [2.75, 3.05) is 66.7 Å². The predicted molar refractivity (Wildman–Crippen MR) is 355 cm³/mol. The summed E-state index contributed by atoms with van der Waals surface area (Å²) >= 11 is 5.94. The van der Waals surface area contributed by atoms with Crippen LogP contribution in [0.5, 0.6) is 0 Å². The van der Waals surface area contributed by atoms with Gasteiger partial charge in [-0.1, -0.05) is 81.8 Å². The molecule has 2 fully saturated rings. The van der Waals surface area contributed by atoms with Gasteiger partial charge >= 0.3 is 0 Å². The van der Waals surface area contributed by atoms with Gasteiger partial charge in [0, 0.05) is 92.3 Å². The van der Waals surface area contributed by atoms with Crippen molar-refractivity contribution in [2.45, 2.75) is 46.0 Å². The Morgan fingerprint density at radius 1 is 0.522 bits per heavy atom. The summed E-state index contributed by atoms with van der Waals surface area (Å²) < 4.78 is 14.9. The molecule has 90 heavy (non-hydrogen) atoms. The van der Waals surface area contributed by atoms with E-state index in [-0.39, 0.29) is 42.3 Å². The summed E-state index contributed by atoms with van der Waals surface area (Å²) in [4.78, 5) is 68.9. The first kappa shape index (κ1) is 62.4. The van der Waals surface area contributed by atoms with Gasteiger partial charge in [0.25, 0.3) is 0 Å². The number of aromatic amines is 3. The quantitative estimate of drug-likeness (QED) is 0.0396. The lowest BCUT2D eigenvalue weighted by Gasteiger charge is -2.34. The van der Waals surface area contributed by atoms with Gasteiger partial charge in [0.05, 0.1) is 57.5 Å². The number of allylic oxidation sites excluding steroid dienone is 3. The number of ketones is 3. The Bertz CT molecular complexity index is 4400. The van der Waals surface area contributed by atoms with Crippen LogP contribution >= 0.6 is 11.6 Å². The topological polar surface area (TPSA) is 248 Å². The average molecular weight is 1220 g/mol. The van der Waals surface area contributed by atoms with Gasteiger partial charge in [-0.25, -0.2) is 19.3 Å². The predicted octanol–water partition coefficient (Wildman–Crippen LogP) is 12.6. The number of anilines is 6. The van der Waals surface area contributed by atoms with Gasteiger partial charge in [-0.05, 0) is 133 Å². The number of halogens is 2. The Balaban J connectivity index is 0.000000152. The summed E-state index contributed by atoms with van der Waals surface area (Å²) in [5, 5.41) is 29.8. The molecule has 13 rings (SSSR count). The van der Waals surface area contributed by atoms with Crippen LogP contribution in [-0.4, -0.2) is 129 Å². The van der Waals surface area contributed by atoms with Crippen LogP contribution in [0, 0.1) is 5.82 Å². The first-order valence-electron chi connectivity index (χ1n) is 29.0. The molecule has 2 saturated heterocycles. The van der Waals surface area contributed by atoms with Crippen molar-refractivity contribution in [3.63, 3.8) is 0 Å². The minimum absolute atomic E-state index is 0. The van der Waals surface area contributed by atoms with Gasteiger partial charge in [0.15, 0.2) is 34.3 Å². The standard InChI is InChI=1S/C26H25FN6O.C26H27N7O.C15H11ClN4O.CH4/c1-2-20(34)14-17-7-6-8-18(13-17)24-21-16-28-32-25(21)31-26(30-24)29-19-9-10-23(22(27)15-19)33-11-4-3-5-12-33;1-3-22(34)16-18-5-4-6-19(15-18)24-23-17-27-31-25(23)30-26(29-24)28-20-7-9-21(10-8-20)33-13-11-32(2)12-14-33;1-2-11(21)7-9-4-3-5-10(6-9)13-12-8-17-20-14(12)19-15(16)18-13;/h2,6-10,13,15-16H,1,3-5,11-12,14H2,(H2,28,29,30,31,32);3-10,15,17H,1,11-14,16H2,2H3,(H2,27,28,29,30,31);2-6,8H,1,7H2,(H,17,18,19,20);1H4. The van der Waals surface area contributed by atoms with E-state index in [9.17, 15) is 18.8 Å². The molecule has 2 aliphatic heterocycles. The van der Waals surface area contributed by atoms with E-state index in [2.05, 4.69) is 127 Å². The highest BCUT2D eigenvalue weighted by Gasteiger charge is 2.20. The smallest absolute Gasteiger partial charge is 0.229 e. The Kier molecular flexibility index (Phi) is 20.0. The number of hydrogen-bond acceptors (Lipinski definition) is 17. The van der Waals surface area contributed by atoms with Crippen molar-refractivity contribution in [2.24, 2.45) is 0 Å². The number of piperazine rings is 1. The molecular formula is C68H67ClFN17O3. The molecular weight excluding hydrogens is 1160 g/mol. The molecule has 0 atom stereocenters. The molecule has 0 radical (unpaired) electrons. The van der Waals surface area contributed by atoms with Crippen molar-refractivity contribution in [3.8, 4) is 33.8 Å². The number of piperidine rings is 1. The van der Waals surface area contributed by atoms with E-state index in [0.717, 1.165) is 113 Å². The Hall–Kier alpha value is -10.6. The van der Waals surface area contributed by atoms with Crippen LogP contribution in [0.2, 0.25) is 5.28 Å². The maximum Gasteiger partial charge on any atom is 0.229 e. The summed E-state index contributed by atoms with van der Waals surface area (Å²) in [6.45, 7) is 16.6. The normalized spacial score (nSPS) is 13.1. The van der Waals surface area contributed by atoms with E-state index >= 15 is 0 Å². The minimum Gasteiger partial charge on any atom is -0.369 e. The number of nitrogens with zero attached hydrogens (tertiary/aromatic N) is 12. The number of aromatic nitrogens is 12. The first-order valence-corrected chi connectivity index (χ1v) is 29.4. The lowest BCUT2D eigenvalue weighted by Crippen LogP contribution is -2.44. The molecule has 0 spiro atoms. The maximum absolute atomic E-state index is 14.9. The second-order valence-corrected chi connectivity index (χ2v) is 21.8. The minimum atomic E-state index is -0.269. The number of fused-ring (bicyclic) bond motifs is 3. The first-order chi connectivity index (χ1) is 43.4. The molecule has 0 unspecified atom stereocenters. The van der Waals surface area contributed by atoms with E-state index < -0.39 is 0 Å². The molecule has 0 bridgehead atoms. The molecule has 456 valence electrons. The number of rotatable bonds is 18. The molecule has 8 heterocycles. The van der Waals surface area contributed by atoms with E-state index in [1.165, 1.54) is 36.4 Å². The van der Waals surface area contributed by atoms with E-state index in [1.807, 2.05) is 78.9 Å². The summed E-state index contributed by atoms with van der Waals surface area (Å²) in [6, 6.07) is 36.5. The zero-order valence-corrected chi connectivity index (χ0v) is 49.6. The fraction of sp³-hybridized carbons (Fsp3) is 0.206. The molecule has 20 nitrogen and oxygen atoms in total. The fourth-order valence-electron chi connectivity index (χ4n) is 10.6. The van der Waals surface area contributed by atoms with Crippen molar-refractivity contribution in [1.29, 1.82) is 0 Å². The van der Waals surface area contributed by atoms with E-state index in [0.29, 0.717) is 64.4 Å². The number of likely N-dealkylation sites (N-methyl/N-ethyl adjacent to an activating group) is 1. The molecule has 6 aromatic heterocycles. The van der Waals surface area contributed by atoms with Crippen LogP contribution < -0.4 is 20.4 Å². The molecule has 0 aliphatic carbocycles. The lowest BCUT2D eigenvalue weighted by molar-refractivity contribution is -0.114. The summed E-state index contributed by atoms with van der Waals surface area (Å²) in [7, 11) is 2.16. The fourth-order valence-corrected chi connectivity index (χ4v) is 10.8. The lowest BCUT2D eigenvalue weighted by atomic mass is 10.0. The SMILES string of the molecule is C.C=CC(=O)Cc1cccc(-c2nc(Cl)nc3[nH]ncc23)c1.C=CC(=O)Cc1cccc(-c2nc(Nc3ccc(N4CCCCC4)c(F)c3)nc3[nH]ncc23)c1.C=CC(=O)Cc1cccc(-c2nc(Nc3ccc(N4CCN(C)CC4)cc3)nc3[nH]ncc23)c1. The summed E-state index contributed by atoms with van der Waals surface area (Å²) in [5.74, 6) is 0.438. The molecule has 5 aromatic carbocycles. The third-order valence-electron chi connectivity index (χ3n) is 15.2. The third kappa shape index (κ3) is 15.2. The van der Waals surface area contributed by atoms with Crippen LogP contribution in [0.3, 0.4) is 0 Å². The Morgan fingerprint density at radius 2 is 0.956 bits per heavy atom. The summed E-state index contributed by atoms with van der Waals surface area (Å²) in [6.07, 6.45) is 13.3. The van der Waals surface area contributed by atoms with Gasteiger partial charge in [0.1, 0.15) is 5.82 Å². The van der Waals surface area contributed by atoms with Crippen LogP contribution in [0.25, 0.3) is 66.9 Å². The second kappa shape index (κ2) is 28.9. The highest BCUT2D eigenvalue weighted by Crippen LogP contribution is 2.33. The summed E-state index contributed by atoms with van der Waals surface area (Å²) in [5.41, 5.74) is 12.5. The molecule has 11 aromatic rings. The monoisotopic (exact) mass is 1220 g/mol. The van der Waals surface area contributed by atoms with Gasteiger partial charge in [-0.3, -0.25) is 29.7 Å². The molecule has 22 heteroatoms. The number of carbonyl (C=O) groups excluding carboxylic acids is 3. The highest BCUT2D eigenvalue weighted by atomic mass is 35.5. The zero-order chi connectivity index (χ0) is 61.8. The van der Waals surface area contributed by atoms with Gasteiger partial charge in [-0.2, -0.15) is 30.2 Å². The van der Waals surface area contributed by atoms with Crippen LogP contribution in [-0.2, 0) is 33.6 Å². The molecule has 5 N–H and O–H groups in total. The number of H-pyrrole nitrogens is 3. The van der Waals surface area contributed by atoms with Crippen molar-refractivity contribution in [1.82, 2.24) is 65.4 Å². The van der Waals surface area contributed by atoms with Crippen molar-refractivity contribution in [3.05, 3.63) is 200 Å². The van der Waals surface area contributed by atoms with Crippen LogP contribution in [0.1, 0.15) is 43.4 Å². The highest BCUT2D eigenvalue weighted by molar-refractivity contribution is 6.28. The van der Waals surface area contributed by atoms with E-state index in [4.69, 9.17) is 21.6 Å². The number of nitrogens with one attached hydrogen (secondary N) is 5. The van der Waals surface area contributed by atoms with Crippen LogP contribution in [0.4, 0.5) is 39.0 Å². The number of carbonyl (C=O) groups is 3. The molecule has 2 aliphatic rings. The van der Waals surface area contributed by atoms with Gasteiger partial charge in [0.2, 0.25) is 17.2 Å². The van der Waals surface area contributed by atoms with Crippen molar-refractivity contribution < 1.29 is 18.8 Å². The third-order valence-corrected chi connectivity index (χ3v) is 15.4. The largest absolute Gasteiger partial charge is 0.369 e.